The first-order chi connectivity index (χ1) is 15.1. The Bertz CT molecular complexity index is 954. The van der Waals surface area contributed by atoms with E-state index in [9.17, 15) is 4.39 Å². The van der Waals surface area contributed by atoms with Crippen molar-refractivity contribution in [2.75, 3.05) is 41.8 Å². The molecule has 0 radical (unpaired) electrons. The summed E-state index contributed by atoms with van der Waals surface area (Å²) in [5.74, 6) is 1.46. The lowest BCUT2D eigenvalue weighted by molar-refractivity contribution is 0.287. The molecule has 1 unspecified atom stereocenters. The van der Waals surface area contributed by atoms with Crippen LogP contribution in [0, 0.1) is 5.82 Å². The van der Waals surface area contributed by atoms with E-state index in [-0.39, 0.29) is 23.9 Å². The van der Waals surface area contributed by atoms with E-state index in [0.717, 1.165) is 66.9 Å². The Labute approximate surface area is 187 Å². The van der Waals surface area contributed by atoms with Gasteiger partial charge in [-0.3, -0.25) is 0 Å². The largest absolute Gasteiger partial charge is 0.396 e. The summed E-state index contributed by atoms with van der Waals surface area (Å²) in [7, 11) is 0. The highest BCUT2D eigenvalue weighted by molar-refractivity contribution is 7.99. The predicted molar refractivity (Wildman–Crippen MR) is 122 cm³/mol. The average molecular weight is 444 g/mol. The number of aliphatic hydroxyl groups excluding tert-OH is 1. The normalized spacial score (nSPS) is 21.2. The Morgan fingerprint density at radius 3 is 2.90 bits per heavy atom. The zero-order valence-electron chi connectivity index (χ0n) is 17.8. The van der Waals surface area contributed by atoms with Gasteiger partial charge >= 0.3 is 0 Å². The van der Waals surface area contributed by atoms with Crippen LogP contribution in [0.3, 0.4) is 0 Å². The standard InChI is InChI=1S/C23H30FN5OS/c24-17-3-4-19-20(11-17)29(15-23(19)6-7-23)13-16-12-26-22(28-8-5-18(25)14-28)27-21(16)31-10-2-1-9-30/h3-4,11-12,18,30H,1-2,5-10,13-15,25H2. The lowest BCUT2D eigenvalue weighted by atomic mass is 9.99. The number of thioether (sulfide) groups is 1. The highest BCUT2D eigenvalue weighted by Crippen LogP contribution is 2.56. The number of halogens is 1. The number of aliphatic hydroxyl groups is 1. The molecule has 3 N–H and O–H groups in total. The van der Waals surface area contributed by atoms with Crippen LogP contribution in [0.15, 0.2) is 29.4 Å². The van der Waals surface area contributed by atoms with E-state index in [1.165, 1.54) is 18.4 Å². The maximum atomic E-state index is 14.0. The molecule has 5 rings (SSSR count). The summed E-state index contributed by atoms with van der Waals surface area (Å²) in [6, 6.07) is 5.41. The molecule has 2 fully saturated rings. The van der Waals surface area contributed by atoms with E-state index < -0.39 is 0 Å². The first-order valence-corrected chi connectivity index (χ1v) is 12.2. The Morgan fingerprint density at radius 2 is 2.16 bits per heavy atom. The van der Waals surface area contributed by atoms with Gasteiger partial charge in [-0.1, -0.05) is 6.07 Å². The van der Waals surface area contributed by atoms with Crippen molar-refractivity contribution in [3.05, 3.63) is 41.3 Å². The molecule has 2 aromatic rings. The number of anilines is 2. The maximum absolute atomic E-state index is 14.0. The third-order valence-corrected chi connectivity index (χ3v) is 7.81. The van der Waals surface area contributed by atoms with Gasteiger partial charge in [0, 0.05) is 61.7 Å². The quantitative estimate of drug-likeness (QED) is 0.369. The van der Waals surface area contributed by atoms with Gasteiger partial charge in [-0.2, -0.15) is 0 Å². The van der Waals surface area contributed by atoms with Gasteiger partial charge in [0.15, 0.2) is 0 Å². The lowest BCUT2D eigenvalue weighted by Gasteiger charge is -2.23. The van der Waals surface area contributed by atoms with Crippen LogP contribution >= 0.6 is 11.8 Å². The van der Waals surface area contributed by atoms with E-state index in [1.54, 1.807) is 23.9 Å². The second-order valence-electron chi connectivity index (χ2n) is 9.07. The molecule has 2 aliphatic heterocycles. The van der Waals surface area contributed by atoms with Crippen molar-refractivity contribution in [3.8, 4) is 0 Å². The molecule has 0 amide bonds. The molecular formula is C23H30FN5OS. The van der Waals surface area contributed by atoms with Gasteiger partial charge in [0.05, 0.1) is 0 Å². The number of unbranched alkanes of at least 4 members (excludes halogenated alkanes) is 1. The summed E-state index contributed by atoms with van der Waals surface area (Å²) in [6.07, 6.45) is 6.99. The fourth-order valence-electron chi connectivity index (χ4n) is 4.80. The van der Waals surface area contributed by atoms with Gasteiger partial charge in [0.25, 0.3) is 0 Å². The maximum Gasteiger partial charge on any atom is 0.226 e. The van der Waals surface area contributed by atoms with E-state index in [4.69, 9.17) is 15.8 Å². The van der Waals surface area contributed by atoms with Crippen molar-refractivity contribution in [2.45, 2.75) is 55.1 Å². The Balaban J connectivity index is 1.39. The number of benzene rings is 1. The third-order valence-electron chi connectivity index (χ3n) is 6.69. The van der Waals surface area contributed by atoms with Crippen LogP contribution in [0.2, 0.25) is 0 Å². The molecule has 6 nitrogen and oxygen atoms in total. The number of nitrogens with zero attached hydrogens (tertiary/aromatic N) is 4. The molecule has 1 aromatic heterocycles. The Kier molecular flexibility index (Phi) is 5.79. The topological polar surface area (TPSA) is 78.5 Å². The van der Waals surface area contributed by atoms with Crippen LogP contribution in [-0.4, -0.2) is 53.1 Å². The van der Waals surface area contributed by atoms with Gasteiger partial charge in [0.1, 0.15) is 10.8 Å². The number of hydrogen-bond donors (Lipinski definition) is 2. The summed E-state index contributed by atoms with van der Waals surface area (Å²) >= 11 is 1.72. The number of fused-ring (bicyclic) bond motifs is 2. The zero-order chi connectivity index (χ0) is 21.4. The molecule has 1 aliphatic carbocycles. The number of rotatable bonds is 8. The van der Waals surface area contributed by atoms with Gasteiger partial charge in [-0.15, -0.1) is 11.8 Å². The first kappa shape index (κ1) is 21.0. The van der Waals surface area contributed by atoms with Gasteiger partial charge in [-0.25, -0.2) is 14.4 Å². The van der Waals surface area contributed by atoms with Crippen molar-refractivity contribution >= 4 is 23.4 Å². The fourth-order valence-corrected chi connectivity index (χ4v) is 5.79. The lowest BCUT2D eigenvalue weighted by Crippen LogP contribution is -2.28. The van der Waals surface area contributed by atoms with E-state index >= 15 is 0 Å². The van der Waals surface area contributed by atoms with Crippen molar-refractivity contribution in [3.63, 3.8) is 0 Å². The Morgan fingerprint density at radius 1 is 1.29 bits per heavy atom. The monoisotopic (exact) mass is 443 g/mol. The molecule has 1 aromatic carbocycles. The molecule has 8 heteroatoms. The zero-order valence-corrected chi connectivity index (χ0v) is 18.6. The van der Waals surface area contributed by atoms with Crippen LogP contribution in [0.4, 0.5) is 16.0 Å². The average Bonchev–Trinajstić information content (AvgIpc) is 3.31. The molecule has 1 saturated carbocycles. The molecule has 3 heterocycles. The fraction of sp³-hybridized carbons (Fsp3) is 0.565. The number of aromatic nitrogens is 2. The second-order valence-corrected chi connectivity index (χ2v) is 10.2. The van der Waals surface area contributed by atoms with E-state index in [1.807, 2.05) is 12.3 Å². The number of nitrogens with two attached hydrogens (primary N) is 1. The summed E-state index contributed by atoms with van der Waals surface area (Å²) in [4.78, 5) is 14.0. The van der Waals surface area contributed by atoms with Gasteiger partial charge in [-0.05, 0) is 55.6 Å². The summed E-state index contributed by atoms with van der Waals surface area (Å²) < 4.78 is 14.0. The van der Waals surface area contributed by atoms with Crippen molar-refractivity contribution in [1.82, 2.24) is 9.97 Å². The third kappa shape index (κ3) is 4.25. The second kappa shape index (κ2) is 8.56. The first-order valence-electron chi connectivity index (χ1n) is 11.2. The molecule has 1 saturated heterocycles. The minimum absolute atomic E-state index is 0.176. The predicted octanol–water partition coefficient (Wildman–Crippen LogP) is 3.07. The smallest absolute Gasteiger partial charge is 0.226 e. The highest BCUT2D eigenvalue weighted by Gasteiger charge is 2.51. The molecule has 166 valence electrons. The van der Waals surface area contributed by atoms with Crippen LogP contribution in [0.5, 0.6) is 0 Å². The number of hydrogen-bond acceptors (Lipinski definition) is 7. The minimum Gasteiger partial charge on any atom is -0.396 e. The van der Waals surface area contributed by atoms with Crippen LogP contribution in [0.1, 0.15) is 43.2 Å². The van der Waals surface area contributed by atoms with Crippen LogP contribution < -0.4 is 15.5 Å². The summed E-state index contributed by atoms with van der Waals surface area (Å²) in [5, 5.41) is 10.1. The summed E-state index contributed by atoms with van der Waals surface area (Å²) in [5.41, 5.74) is 9.67. The molecule has 0 bridgehead atoms. The molecule has 3 aliphatic rings. The van der Waals surface area contributed by atoms with E-state index in [0.29, 0.717) is 6.54 Å². The van der Waals surface area contributed by atoms with Gasteiger partial charge < -0.3 is 20.6 Å². The van der Waals surface area contributed by atoms with Crippen molar-refractivity contribution < 1.29 is 9.50 Å². The molecule has 1 atom stereocenters. The van der Waals surface area contributed by atoms with Crippen LogP contribution in [0.25, 0.3) is 0 Å². The van der Waals surface area contributed by atoms with Crippen molar-refractivity contribution in [2.24, 2.45) is 5.73 Å². The summed E-state index contributed by atoms with van der Waals surface area (Å²) in [6.45, 7) is 3.50. The van der Waals surface area contributed by atoms with Gasteiger partial charge in [0.2, 0.25) is 5.95 Å². The van der Waals surface area contributed by atoms with Crippen LogP contribution in [-0.2, 0) is 12.0 Å². The molecule has 1 spiro atoms. The minimum atomic E-state index is -0.183. The van der Waals surface area contributed by atoms with Crippen molar-refractivity contribution in [1.29, 1.82) is 0 Å². The molecular weight excluding hydrogens is 413 g/mol. The molecule has 31 heavy (non-hydrogen) atoms. The van der Waals surface area contributed by atoms with E-state index in [2.05, 4.69) is 14.8 Å². The Hall–Kier alpha value is -1.90. The highest BCUT2D eigenvalue weighted by atomic mass is 32.2. The SMILES string of the molecule is NC1CCN(c2ncc(CN3CC4(CC4)c4ccc(F)cc43)c(SCCCCO)n2)C1.